The average molecular weight is 242 g/mol. The van der Waals surface area contributed by atoms with Crippen molar-refractivity contribution in [3.63, 3.8) is 0 Å². The largest absolute Gasteiger partial charge is 0.481 e. The van der Waals surface area contributed by atoms with Gasteiger partial charge in [0.2, 0.25) is 0 Å². The van der Waals surface area contributed by atoms with Gasteiger partial charge in [0.1, 0.15) is 0 Å². The predicted octanol–water partition coefficient (Wildman–Crippen LogP) is 3.35. The number of carbonyl (C=O) groups is 1. The monoisotopic (exact) mass is 242 g/mol. The Morgan fingerprint density at radius 3 is 2.29 bits per heavy atom. The maximum absolute atomic E-state index is 11.6. The van der Waals surface area contributed by atoms with Gasteiger partial charge in [-0.05, 0) is 32.1 Å². The first-order valence-electron chi connectivity index (χ1n) is 6.94. The van der Waals surface area contributed by atoms with E-state index in [4.69, 9.17) is 0 Å². The molecule has 1 aliphatic rings. The Morgan fingerprint density at radius 1 is 1.29 bits per heavy atom. The molecule has 3 heteroatoms. The summed E-state index contributed by atoms with van der Waals surface area (Å²) in [4.78, 5) is 11.6. The molecule has 0 aromatic carbocycles. The van der Waals surface area contributed by atoms with Crippen LogP contribution >= 0.6 is 0 Å². The zero-order valence-corrected chi connectivity index (χ0v) is 11.2. The van der Waals surface area contributed by atoms with E-state index in [1.165, 1.54) is 0 Å². The summed E-state index contributed by atoms with van der Waals surface area (Å²) in [5.41, 5.74) is -1.43. The van der Waals surface area contributed by atoms with Crippen LogP contribution in [0.1, 0.15) is 71.6 Å². The van der Waals surface area contributed by atoms with Crippen molar-refractivity contribution in [1.29, 1.82) is 0 Å². The van der Waals surface area contributed by atoms with Crippen LogP contribution < -0.4 is 0 Å². The van der Waals surface area contributed by atoms with E-state index >= 15 is 0 Å². The highest BCUT2D eigenvalue weighted by atomic mass is 16.4. The van der Waals surface area contributed by atoms with Gasteiger partial charge in [0.25, 0.3) is 0 Å². The van der Waals surface area contributed by atoms with Crippen LogP contribution in [0, 0.1) is 5.41 Å². The molecule has 1 unspecified atom stereocenters. The number of carboxylic acids is 1. The third kappa shape index (κ3) is 3.44. The van der Waals surface area contributed by atoms with Crippen LogP contribution in [0.15, 0.2) is 0 Å². The van der Waals surface area contributed by atoms with Crippen molar-refractivity contribution in [1.82, 2.24) is 0 Å². The molecule has 0 heterocycles. The number of unbranched alkanes of at least 4 members (excludes halogenated alkanes) is 1. The Hall–Kier alpha value is -0.570. The molecule has 0 aliphatic heterocycles. The second-order valence-corrected chi connectivity index (χ2v) is 5.65. The first-order chi connectivity index (χ1) is 7.98. The molecule has 0 aromatic rings. The van der Waals surface area contributed by atoms with Crippen molar-refractivity contribution in [3.8, 4) is 0 Å². The topological polar surface area (TPSA) is 57.5 Å². The number of aliphatic carboxylic acids is 1. The van der Waals surface area contributed by atoms with Gasteiger partial charge < -0.3 is 10.2 Å². The Balaban J connectivity index is 2.77. The van der Waals surface area contributed by atoms with Crippen molar-refractivity contribution >= 4 is 5.97 Å². The van der Waals surface area contributed by atoms with Crippen LogP contribution in [0.4, 0.5) is 0 Å². The SMILES string of the molecule is CCCCC(CC)(CC1(O)CCCC1)C(=O)O. The smallest absolute Gasteiger partial charge is 0.309 e. The third-order valence-electron chi connectivity index (χ3n) is 4.34. The summed E-state index contributed by atoms with van der Waals surface area (Å²) >= 11 is 0. The highest BCUT2D eigenvalue weighted by Crippen LogP contribution is 2.43. The molecule has 17 heavy (non-hydrogen) atoms. The lowest BCUT2D eigenvalue weighted by Crippen LogP contribution is -2.40. The van der Waals surface area contributed by atoms with E-state index in [9.17, 15) is 15.0 Å². The number of aliphatic hydroxyl groups is 1. The minimum Gasteiger partial charge on any atom is -0.481 e. The maximum atomic E-state index is 11.6. The first-order valence-corrected chi connectivity index (χ1v) is 6.94. The van der Waals surface area contributed by atoms with Gasteiger partial charge in [-0.25, -0.2) is 0 Å². The highest BCUT2D eigenvalue weighted by Gasteiger charge is 2.44. The normalized spacial score (nSPS) is 22.3. The second kappa shape index (κ2) is 5.85. The Bertz CT molecular complexity index is 256. The van der Waals surface area contributed by atoms with Crippen LogP contribution in [0.3, 0.4) is 0 Å². The van der Waals surface area contributed by atoms with Crippen LogP contribution in [-0.4, -0.2) is 21.8 Å². The fraction of sp³-hybridized carbons (Fsp3) is 0.929. The summed E-state index contributed by atoms with van der Waals surface area (Å²) in [5, 5.41) is 20.0. The molecule has 1 atom stereocenters. The first kappa shape index (κ1) is 14.5. The zero-order valence-electron chi connectivity index (χ0n) is 11.2. The van der Waals surface area contributed by atoms with Crippen molar-refractivity contribution in [2.75, 3.05) is 0 Å². The van der Waals surface area contributed by atoms with E-state index in [1.54, 1.807) is 0 Å². The van der Waals surface area contributed by atoms with Gasteiger partial charge in [-0.3, -0.25) is 4.79 Å². The van der Waals surface area contributed by atoms with Gasteiger partial charge in [-0.15, -0.1) is 0 Å². The second-order valence-electron chi connectivity index (χ2n) is 5.65. The minimum absolute atomic E-state index is 0.436. The summed E-state index contributed by atoms with van der Waals surface area (Å²) < 4.78 is 0. The summed E-state index contributed by atoms with van der Waals surface area (Å²) in [7, 11) is 0. The molecule has 1 saturated carbocycles. The van der Waals surface area contributed by atoms with Gasteiger partial charge >= 0.3 is 5.97 Å². The van der Waals surface area contributed by atoms with Gasteiger partial charge in [-0.1, -0.05) is 39.5 Å². The molecule has 1 aliphatic carbocycles. The van der Waals surface area contributed by atoms with E-state index in [-0.39, 0.29) is 0 Å². The van der Waals surface area contributed by atoms with Crippen LogP contribution in [0.5, 0.6) is 0 Å². The summed E-state index contributed by atoms with van der Waals surface area (Å²) in [6.07, 6.45) is 7.29. The molecule has 100 valence electrons. The minimum atomic E-state index is -0.728. The third-order valence-corrected chi connectivity index (χ3v) is 4.34. The maximum Gasteiger partial charge on any atom is 0.309 e. The summed E-state index contributed by atoms with van der Waals surface area (Å²) in [6, 6.07) is 0. The van der Waals surface area contributed by atoms with Crippen LogP contribution in [0.2, 0.25) is 0 Å². The van der Waals surface area contributed by atoms with Crippen molar-refractivity contribution < 1.29 is 15.0 Å². The fourth-order valence-electron chi connectivity index (χ4n) is 3.08. The fourth-order valence-corrected chi connectivity index (χ4v) is 3.08. The quantitative estimate of drug-likeness (QED) is 0.719. The molecule has 1 rings (SSSR count). The molecule has 1 fully saturated rings. The average Bonchev–Trinajstić information content (AvgIpc) is 2.71. The van der Waals surface area contributed by atoms with Gasteiger partial charge in [0.05, 0.1) is 11.0 Å². The molecule has 0 amide bonds. The van der Waals surface area contributed by atoms with E-state index in [2.05, 4.69) is 6.92 Å². The number of hydrogen-bond donors (Lipinski definition) is 2. The number of rotatable bonds is 7. The lowest BCUT2D eigenvalue weighted by molar-refractivity contribution is -0.154. The lowest BCUT2D eigenvalue weighted by atomic mass is 9.71. The van der Waals surface area contributed by atoms with E-state index in [1.807, 2.05) is 6.92 Å². The number of carboxylic acid groups (broad SMARTS) is 1. The molecule has 0 bridgehead atoms. The molecular weight excluding hydrogens is 216 g/mol. The molecule has 2 N–H and O–H groups in total. The standard InChI is InChI=1S/C14H26O3/c1-3-5-8-13(4-2,12(15)16)11-14(17)9-6-7-10-14/h17H,3-11H2,1-2H3,(H,15,16). The zero-order chi connectivity index (χ0) is 12.9. The molecular formula is C14H26O3. The van der Waals surface area contributed by atoms with Gasteiger partial charge in [-0.2, -0.15) is 0 Å². The van der Waals surface area contributed by atoms with Gasteiger partial charge in [0.15, 0.2) is 0 Å². The Kier molecular flexibility index (Phi) is 4.99. The highest BCUT2D eigenvalue weighted by molar-refractivity contribution is 5.74. The van der Waals surface area contributed by atoms with E-state index < -0.39 is 17.0 Å². The molecule has 3 nitrogen and oxygen atoms in total. The molecule has 0 saturated heterocycles. The Morgan fingerprint density at radius 2 is 1.88 bits per heavy atom. The van der Waals surface area contributed by atoms with E-state index in [0.29, 0.717) is 19.3 Å². The lowest BCUT2D eigenvalue weighted by Gasteiger charge is -2.35. The molecule has 0 radical (unpaired) electrons. The van der Waals surface area contributed by atoms with Crippen molar-refractivity contribution in [2.45, 2.75) is 77.2 Å². The van der Waals surface area contributed by atoms with E-state index in [0.717, 1.165) is 38.5 Å². The van der Waals surface area contributed by atoms with Crippen LogP contribution in [-0.2, 0) is 4.79 Å². The predicted molar refractivity (Wildman–Crippen MR) is 67.9 cm³/mol. The van der Waals surface area contributed by atoms with Crippen molar-refractivity contribution in [2.24, 2.45) is 5.41 Å². The summed E-state index contributed by atoms with van der Waals surface area (Å²) in [6.45, 7) is 4.01. The molecule has 0 aromatic heterocycles. The van der Waals surface area contributed by atoms with Crippen molar-refractivity contribution in [3.05, 3.63) is 0 Å². The molecule has 0 spiro atoms. The summed E-state index contributed by atoms with van der Waals surface area (Å²) in [5.74, 6) is -0.728. The van der Waals surface area contributed by atoms with Crippen LogP contribution in [0.25, 0.3) is 0 Å². The number of hydrogen-bond acceptors (Lipinski definition) is 2. The van der Waals surface area contributed by atoms with Gasteiger partial charge in [0, 0.05) is 0 Å². The Labute approximate surface area is 104 Å².